The smallest absolute Gasteiger partial charge is 0.545 e. The number of amides is 1. The van der Waals surface area contributed by atoms with Crippen LogP contribution in [-0.2, 0) is 32.3 Å². The molecule has 4 aromatic carbocycles. The van der Waals surface area contributed by atoms with Gasteiger partial charge in [0.05, 0.1) is 44.9 Å². The van der Waals surface area contributed by atoms with E-state index in [0.29, 0.717) is 34.5 Å². The number of primary amides is 1. The number of azo groups is 2. The Balaban J connectivity index is 0.000000394. The minimum atomic E-state index is -4.61. The van der Waals surface area contributed by atoms with Gasteiger partial charge in [-0.1, -0.05) is 36.9 Å². The molecule has 0 saturated carbocycles. The SMILES string of the molecule is C=CC(=O)[NH2+]c1ccc(-n2[nH]c(C)c(N=Nc3ccccc3C(=O)O)c2=O)cc1.Cc1[nH]n(-c2ccccc2)c(=O)c1N=Nc1ccc(S(=O)(=O)O)cc1C(=O)[O-].[Cr].[Na+].[Na+]. The second-order valence-electron chi connectivity index (χ2n) is 11.8. The number of benzene rings is 4. The normalized spacial score (nSPS) is 10.8. The number of carboxylic acids is 2. The second-order valence-corrected chi connectivity index (χ2v) is 13.2. The summed E-state index contributed by atoms with van der Waals surface area (Å²) >= 11 is 0. The van der Waals surface area contributed by atoms with Gasteiger partial charge in [-0.2, -0.15) is 8.42 Å². The summed E-state index contributed by atoms with van der Waals surface area (Å²) in [5.74, 6) is -3.06. The van der Waals surface area contributed by atoms with Crippen molar-refractivity contribution in [3.05, 3.63) is 153 Å². The van der Waals surface area contributed by atoms with Crippen LogP contribution in [-0.4, -0.2) is 55.5 Å². The zero-order chi connectivity index (χ0) is 41.4. The van der Waals surface area contributed by atoms with Gasteiger partial charge in [0.1, 0.15) is 11.4 Å². The van der Waals surface area contributed by atoms with Gasteiger partial charge in [0.2, 0.25) is 0 Å². The molecule has 0 aliphatic carbocycles. The molecule has 2 aromatic heterocycles. The van der Waals surface area contributed by atoms with Crippen LogP contribution in [0.2, 0.25) is 0 Å². The molecule has 0 atom stereocenters. The number of nitrogens with two attached hydrogens (primary N) is 1. The van der Waals surface area contributed by atoms with Crippen LogP contribution in [0.3, 0.4) is 0 Å². The quantitative estimate of drug-likeness (QED) is 0.0314. The van der Waals surface area contributed by atoms with Crippen LogP contribution in [0.5, 0.6) is 0 Å². The number of carboxylic acid groups (broad SMARTS) is 2. The number of rotatable bonds is 11. The number of nitrogens with one attached hydrogen (secondary N) is 2. The Morgan fingerprint density at radius 3 is 1.70 bits per heavy atom. The maximum atomic E-state index is 12.7. The van der Waals surface area contributed by atoms with Gasteiger partial charge < -0.3 is 15.0 Å². The third-order valence-corrected chi connectivity index (χ3v) is 8.74. The summed E-state index contributed by atoms with van der Waals surface area (Å²) in [5.41, 5.74) is 1.06. The van der Waals surface area contributed by atoms with Crippen molar-refractivity contribution < 1.29 is 119 Å². The van der Waals surface area contributed by atoms with Gasteiger partial charge in [-0.05, 0) is 68.4 Å². The Morgan fingerprint density at radius 1 is 0.733 bits per heavy atom. The fourth-order valence-electron chi connectivity index (χ4n) is 5.07. The van der Waals surface area contributed by atoms with E-state index >= 15 is 0 Å². The molecule has 0 aliphatic heterocycles. The number of aromatic nitrogens is 4. The number of hydrogen-bond acceptors (Lipinski definition) is 12. The van der Waals surface area contributed by atoms with Gasteiger partial charge in [0, 0.05) is 41.1 Å². The zero-order valence-electron chi connectivity index (χ0n) is 32.3. The number of aryl methyl sites for hydroxylation is 2. The number of para-hydroxylation sites is 1. The Labute approximate surface area is 395 Å². The first-order valence-electron chi connectivity index (χ1n) is 16.4. The fourth-order valence-corrected chi connectivity index (χ4v) is 5.58. The summed E-state index contributed by atoms with van der Waals surface area (Å²) in [6, 6.07) is 24.3. The molecule has 0 saturated heterocycles. The predicted molar refractivity (Wildman–Crippen MR) is 201 cm³/mol. The minimum absolute atomic E-state index is 0. The third kappa shape index (κ3) is 12.4. The zero-order valence-corrected chi connectivity index (χ0v) is 38.4. The number of hydrogen-bond donors (Lipinski definition) is 5. The topological polar surface area (TPSA) is 290 Å². The van der Waals surface area contributed by atoms with E-state index in [-0.39, 0.29) is 111 Å². The maximum Gasteiger partial charge on any atom is 1.00 e. The molecule has 60 heavy (non-hydrogen) atoms. The fraction of sp³-hybridized carbons (Fsp3) is 0.0541. The monoisotopic (exact) mass is 891 g/mol. The van der Waals surface area contributed by atoms with Crippen LogP contribution in [0.15, 0.2) is 145 Å². The van der Waals surface area contributed by atoms with Crippen molar-refractivity contribution >= 4 is 56.4 Å². The van der Waals surface area contributed by atoms with Crippen LogP contribution in [0.1, 0.15) is 32.1 Å². The van der Waals surface area contributed by atoms with E-state index in [9.17, 15) is 42.6 Å². The number of carbonyl (C=O) groups excluding carboxylic acids is 2. The molecule has 19 nitrogen and oxygen atoms in total. The molecule has 296 valence electrons. The van der Waals surface area contributed by atoms with Gasteiger partial charge in [-0.15, -0.1) is 20.5 Å². The third-order valence-electron chi connectivity index (χ3n) is 7.89. The Kier molecular flexibility index (Phi) is 19.1. The molecular formula is C37H31CrN9Na2O10S+2. The number of nitrogens with zero attached hydrogens (tertiary/aromatic N) is 6. The van der Waals surface area contributed by atoms with Crippen LogP contribution in [0, 0.1) is 13.8 Å². The van der Waals surface area contributed by atoms with E-state index in [1.807, 2.05) is 0 Å². The number of aromatic amines is 2. The van der Waals surface area contributed by atoms with Crippen LogP contribution in [0.4, 0.5) is 28.4 Å². The first-order valence-corrected chi connectivity index (χ1v) is 17.8. The van der Waals surface area contributed by atoms with E-state index in [4.69, 9.17) is 4.55 Å². The van der Waals surface area contributed by atoms with Gasteiger partial charge in [0.15, 0.2) is 11.4 Å². The van der Waals surface area contributed by atoms with Crippen LogP contribution >= 0.6 is 0 Å². The molecular weight excluding hydrogens is 861 g/mol. The molecule has 6 N–H and O–H groups in total. The van der Waals surface area contributed by atoms with Crippen molar-refractivity contribution in [1.29, 1.82) is 0 Å². The molecule has 0 fully saturated rings. The first-order chi connectivity index (χ1) is 27.1. The Hall–Kier alpha value is -5.15. The van der Waals surface area contributed by atoms with Crippen molar-refractivity contribution in [2.45, 2.75) is 18.7 Å². The summed E-state index contributed by atoms with van der Waals surface area (Å²) in [7, 11) is -4.61. The van der Waals surface area contributed by atoms with Crippen molar-refractivity contribution in [2.24, 2.45) is 20.5 Å². The largest absolute Gasteiger partial charge is 1.00 e. The van der Waals surface area contributed by atoms with E-state index in [2.05, 4.69) is 37.2 Å². The molecule has 1 amide bonds. The summed E-state index contributed by atoms with van der Waals surface area (Å²) in [6.45, 7) is 6.68. The van der Waals surface area contributed by atoms with Crippen molar-refractivity contribution in [3.63, 3.8) is 0 Å². The maximum absolute atomic E-state index is 12.7. The number of quaternary nitrogens is 1. The molecule has 0 bridgehead atoms. The molecule has 0 radical (unpaired) electrons. The molecule has 0 spiro atoms. The molecule has 23 heteroatoms. The second kappa shape index (κ2) is 22.5. The van der Waals surface area contributed by atoms with Crippen molar-refractivity contribution in [1.82, 2.24) is 19.6 Å². The number of aromatic carboxylic acids is 2. The average molecular weight is 892 g/mol. The predicted octanol–water partition coefficient (Wildman–Crippen LogP) is -2.00. The number of carbonyl (C=O) groups is 3. The summed E-state index contributed by atoms with van der Waals surface area (Å²) in [5, 5.41) is 43.1. The van der Waals surface area contributed by atoms with Crippen molar-refractivity contribution in [2.75, 3.05) is 0 Å². The van der Waals surface area contributed by atoms with E-state index < -0.39 is 43.6 Å². The van der Waals surface area contributed by atoms with Crippen molar-refractivity contribution in [3.8, 4) is 11.4 Å². The first kappa shape index (κ1) is 51.0. The molecule has 2 heterocycles. The van der Waals surface area contributed by atoms with E-state index in [0.717, 1.165) is 12.1 Å². The summed E-state index contributed by atoms with van der Waals surface area (Å²) < 4.78 is 33.9. The van der Waals surface area contributed by atoms with Gasteiger partial charge in [-0.25, -0.2) is 24.3 Å². The Bertz CT molecular complexity index is 2820. The molecule has 0 aliphatic rings. The van der Waals surface area contributed by atoms with E-state index in [1.165, 1.54) is 32.9 Å². The molecule has 6 aromatic rings. The average Bonchev–Trinajstić information content (AvgIpc) is 3.64. The van der Waals surface area contributed by atoms with E-state index in [1.54, 1.807) is 80.6 Å². The summed E-state index contributed by atoms with van der Waals surface area (Å²) in [4.78, 5) is 58.6. The van der Waals surface area contributed by atoms with Gasteiger partial charge in [-0.3, -0.25) is 24.3 Å². The standard InChI is InChI=1S/C20H17N5O4.C17H14N4O6S.Cr.2Na/c1-3-17(26)21-13-8-10-14(11-9-13)25-19(27)18(12(2)24-25)23-22-16-7-5-4-6-15(16)20(28)29;1-10-15(16(22)21(20-10)11-5-3-2-4-6-11)19-18-14-8-7-12(28(25,26)27)9-13(14)17(23)24;;;/h3-11,24H,1H2,2H3,(H,21,26)(H,28,29);2-9,20H,1H3,(H,23,24)(H,25,26,27);;;/q;;;2*+1. The minimum Gasteiger partial charge on any atom is -0.545 e. The van der Waals surface area contributed by atoms with Crippen LogP contribution in [0.25, 0.3) is 11.4 Å². The van der Waals surface area contributed by atoms with Gasteiger partial charge in [0.25, 0.3) is 21.2 Å². The number of H-pyrrole nitrogens is 2. The summed E-state index contributed by atoms with van der Waals surface area (Å²) in [6.07, 6.45) is 1.21. The van der Waals surface area contributed by atoms with Crippen LogP contribution < -0.4 is 80.7 Å². The molecule has 0 unspecified atom stereocenters. The Morgan fingerprint density at radius 2 is 1.22 bits per heavy atom. The van der Waals surface area contributed by atoms with Gasteiger partial charge >= 0.3 is 71.0 Å². The molecule has 6 rings (SSSR count).